The molecule has 0 aliphatic heterocycles. The fraction of sp³-hybridized carbons (Fsp3) is 0.241. The van der Waals surface area contributed by atoms with E-state index in [0.29, 0.717) is 36.8 Å². The number of benzene rings is 3. The Hall–Kier alpha value is -4.26. The van der Waals surface area contributed by atoms with Crippen LogP contribution in [0.25, 0.3) is 10.8 Å². The average Bonchev–Trinajstić information content (AvgIpc) is 2.90. The van der Waals surface area contributed by atoms with E-state index in [-0.39, 0.29) is 17.2 Å². The van der Waals surface area contributed by atoms with Crippen LogP contribution in [0.1, 0.15) is 41.9 Å². The van der Waals surface area contributed by atoms with Crippen molar-refractivity contribution in [1.29, 1.82) is 0 Å². The molecule has 0 saturated heterocycles. The molecule has 1 heterocycles. The smallest absolute Gasteiger partial charge is 0.360 e. The molecule has 7 heteroatoms. The Labute approximate surface area is 209 Å². The van der Waals surface area contributed by atoms with Gasteiger partial charge in [0.25, 0.3) is 11.5 Å². The van der Waals surface area contributed by atoms with Gasteiger partial charge in [0.2, 0.25) is 0 Å². The van der Waals surface area contributed by atoms with Crippen molar-refractivity contribution >= 4 is 22.6 Å². The summed E-state index contributed by atoms with van der Waals surface area (Å²) in [5.74, 6) is -1.06. The zero-order valence-corrected chi connectivity index (χ0v) is 20.5. The molecule has 0 aliphatic rings. The van der Waals surface area contributed by atoms with E-state index < -0.39 is 12.1 Å². The van der Waals surface area contributed by atoms with Crippen molar-refractivity contribution in [2.45, 2.75) is 46.0 Å². The summed E-state index contributed by atoms with van der Waals surface area (Å²) >= 11 is 0. The van der Waals surface area contributed by atoms with Crippen molar-refractivity contribution in [3.8, 4) is 0 Å². The van der Waals surface area contributed by atoms with Gasteiger partial charge in [0.1, 0.15) is 0 Å². The van der Waals surface area contributed by atoms with Gasteiger partial charge in [-0.2, -0.15) is 5.10 Å². The first-order valence-electron chi connectivity index (χ1n) is 12.1. The fourth-order valence-electron chi connectivity index (χ4n) is 4.09. The fourth-order valence-corrected chi connectivity index (χ4v) is 4.09. The highest BCUT2D eigenvalue weighted by Gasteiger charge is 2.27. The third-order valence-electron chi connectivity index (χ3n) is 5.87. The number of esters is 1. The molecule has 4 aromatic rings. The first-order chi connectivity index (χ1) is 17.5. The number of nitrogens with zero attached hydrogens (tertiary/aromatic N) is 3. The lowest BCUT2D eigenvalue weighted by Gasteiger charge is -2.26. The Morgan fingerprint density at radius 2 is 1.39 bits per heavy atom. The molecule has 36 heavy (non-hydrogen) atoms. The van der Waals surface area contributed by atoms with E-state index in [1.165, 1.54) is 4.68 Å². The summed E-state index contributed by atoms with van der Waals surface area (Å²) < 4.78 is 6.91. The number of hydrogen-bond donors (Lipinski definition) is 0. The van der Waals surface area contributed by atoms with Gasteiger partial charge >= 0.3 is 5.97 Å². The van der Waals surface area contributed by atoms with Crippen LogP contribution < -0.4 is 5.56 Å². The molecule has 0 fully saturated rings. The van der Waals surface area contributed by atoms with E-state index in [1.54, 1.807) is 36.1 Å². The minimum atomic E-state index is -1.04. The quantitative estimate of drug-likeness (QED) is 0.326. The van der Waals surface area contributed by atoms with Crippen LogP contribution in [0.2, 0.25) is 0 Å². The van der Waals surface area contributed by atoms with Crippen LogP contribution in [0.15, 0.2) is 89.7 Å². The number of carbonyl (C=O) groups is 2. The van der Waals surface area contributed by atoms with Crippen molar-refractivity contribution in [3.05, 3.63) is 112 Å². The van der Waals surface area contributed by atoms with Gasteiger partial charge in [0.05, 0.1) is 5.39 Å². The largest absolute Gasteiger partial charge is 0.448 e. The molecular weight excluding hydrogens is 454 g/mol. The summed E-state index contributed by atoms with van der Waals surface area (Å²) in [6, 6.07) is 26.2. The maximum atomic E-state index is 13.5. The van der Waals surface area contributed by atoms with Crippen LogP contribution >= 0.6 is 0 Å². The van der Waals surface area contributed by atoms with Crippen LogP contribution in [0.3, 0.4) is 0 Å². The standard InChI is InChI=1S/C29H29N3O4/c1-3-18-32-28(34)25-17-11-10-16-24(25)26(30-32)29(35)36-21(2)27(33)31(19-22-12-6-4-7-13-22)20-23-14-8-5-9-15-23/h4-17,21H,3,18-20H2,1-2H3. The minimum Gasteiger partial charge on any atom is -0.448 e. The van der Waals surface area contributed by atoms with Gasteiger partial charge in [0.15, 0.2) is 11.8 Å². The van der Waals surface area contributed by atoms with Gasteiger partial charge in [-0.25, -0.2) is 9.48 Å². The van der Waals surface area contributed by atoms with Crippen molar-refractivity contribution in [1.82, 2.24) is 14.7 Å². The van der Waals surface area contributed by atoms with E-state index in [0.717, 1.165) is 11.1 Å². The van der Waals surface area contributed by atoms with Crippen molar-refractivity contribution in [2.24, 2.45) is 0 Å². The van der Waals surface area contributed by atoms with Crippen LogP contribution in [0, 0.1) is 0 Å². The molecule has 184 valence electrons. The molecule has 4 rings (SSSR count). The normalized spacial score (nSPS) is 11.7. The number of hydrogen-bond acceptors (Lipinski definition) is 5. The van der Waals surface area contributed by atoms with Crippen molar-refractivity contribution in [2.75, 3.05) is 0 Å². The molecule has 1 aromatic heterocycles. The zero-order valence-electron chi connectivity index (χ0n) is 20.5. The Kier molecular flexibility index (Phi) is 7.90. The number of rotatable bonds is 9. The summed E-state index contributed by atoms with van der Waals surface area (Å²) in [5, 5.41) is 5.09. The highest BCUT2D eigenvalue weighted by molar-refractivity contribution is 6.02. The van der Waals surface area contributed by atoms with Crippen molar-refractivity contribution in [3.63, 3.8) is 0 Å². The highest BCUT2D eigenvalue weighted by atomic mass is 16.5. The van der Waals surface area contributed by atoms with Crippen LogP contribution in [0.4, 0.5) is 0 Å². The Bertz CT molecular complexity index is 1360. The number of ether oxygens (including phenoxy) is 1. The summed E-state index contributed by atoms with van der Waals surface area (Å²) in [4.78, 5) is 41.1. The van der Waals surface area contributed by atoms with Crippen LogP contribution in [0.5, 0.6) is 0 Å². The van der Waals surface area contributed by atoms with Gasteiger partial charge in [-0.1, -0.05) is 85.8 Å². The molecule has 0 N–H and O–H groups in total. The molecule has 0 spiro atoms. The van der Waals surface area contributed by atoms with Gasteiger partial charge in [-0.3, -0.25) is 9.59 Å². The molecule has 0 radical (unpaired) electrons. The lowest BCUT2D eigenvalue weighted by molar-refractivity contribution is -0.141. The molecular formula is C29H29N3O4. The first-order valence-corrected chi connectivity index (χ1v) is 12.1. The summed E-state index contributed by atoms with van der Waals surface area (Å²) in [6.45, 7) is 4.61. The van der Waals surface area contributed by atoms with E-state index >= 15 is 0 Å². The average molecular weight is 484 g/mol. The molecule has 7 nitrogen and oxygen atoms in total. The summed E-state index contributed by atoms with van der Waals surface area (Å²) in [5.41, 5.74) is 1.71. The second-order valence-electron chi connectivity index (χ2n) is 8.64. The van der Waals surface area contributed by atoms with Gasteiger partial charge in [0, 0.05) is 25.0 Å². The Balaban J connectivity index is 1.59. The second kappa shape index (κ2) is 11.4. The SMILES string of the molecule is CCCn1nc(C(=O)OC(C)C(=O)N(Cc2ccccc2)Cc2ccccc2)c2ccccc2c1=O. The van der Waals surface area contributed by atoms with Crippen molar-refractivity contribution < 1.29 is 14.3 Å². The molecule has 1 unspecified atom stereocenters. The van der Waals surface area contributed by atoms with Crippen LogP contribution in [-0.4, -0.2) is 32.7 Å². The first kappa shape index (κ1) is 24.9. The number of fused-ring (bicyclic) bond motifs is 1. The molecule has 0 aliphatic carbocycles. The highest BCUT2D eigenvalue weighted by Crippen LogP contribution is 2.17. The van der Waals surface area contributed by atoms with Gasteiger partial charge in [-0.15, -0.1) is 0 Å². The second-order valence-corrected chi connectivity index (χ2v) is 8.64. The van der Waals surface area contributed by atoms with E-state index in [9.17, 15) is 14.4 Å². The Morgan fingerprint density at radius 3 is 1.94 bits per heavy atom. The third-order valence-corrected chi connectivity index (χ3v) is 5.87. The predicted octanol–water partition coefficient (Wildman–Crippen LogP) is 4.58. The van der Waals surface area contributed by atoms with E-state index in [2.05, 4.69) is 5.10 Å². The number of amides is 1. The van der Waals surface area contributed by atoms with Gasteiger partial charge < -0.3 is 9.64 Å². The third kappa shape index (κ3) is 5.68. The molecule has 0 saturated carbocycles. The predicted molar refractivity (Wildman–Crippen MR) is 138 cm³/mol. The Morgan fingerprint density at radius 1 is 0.861 bits per heavy atom. The molecule has 0 bridgehead atoms. The number of aryl methyl sites for hydroxylation is 1. The monoisotopic (exact) mass is 483 g/mol. The molecule has 1 amide bonds. The topological polar surface area (TPSA) is 81.5 Å². The summed E-state index contributed by atoms with van der Waals surface area (Å²) in [6.07, 6.45) is -0.361. The minimum absolute atomic E-state index is 0.0240. The zero-order chi connectivity index (χ0) is 25.5. The lowest BCUT2D eigenvalue weighted by Crippen LogP contribution is -2.39. The molecule has 3 aromatic carbocycles. The molecule has 1 atom stereocenters. The summed E-state index contributed by atoms with van der Waals surface area (Å²) in [7, 11) is 0. The van der Waals surface area contributed by atoms with E-state index in [4.69, 9.17) is 4.74 Å². The maximum absolute atomic E-state index is 13.5. The van der Waals surface area contributed by atoms with Gasteiger partial charge in [-0.05, 0) is 30.5 Å². The number of carbonyl (C=O) groups excluding carboxylic acids is 2. The lowest BCUT2D eigenvalue weighted by atomic mass is 10.1. The maximum Gasteiger partial charge on any atom is 0.360 e. The number of aromatic nitrogens is 2. The van der Waals surface area contributed by atoms with Crippen LogP contribution in [-0.2, 0) is 29.2 Å². The van der Waals surface area contributed by atoms with E-state index in [1.807, 2.05) is 67.6 Å².